The number of fused-ring (bicyclic) bond motifs is 1. The van der Waals surface area contributed by atoms with Crippen molar-refractivity contribution in [3.05, 3.63) is 54.1 Å². The third kappa shape index (κ3) is 1.82. The Kier molecular flexibility index (Phi) is 2.48. The number of carbonyl (C=O) groups excluding carboxylic acids is 1. The van der Waals surface area contributed by atoms with E-state index in [0.717, 1.165) is 5.56 Å². The van der Waals surface area contributed by atoms with Gasteiger partial charge in [-0.05, 0) is 30.3 Å². The van der Waals surface area contributed by atoms with Crippen molar-refractivity contribution < 1.29 is 9.53 Å². The Morgan fingerprint density at radius 2 is 1.83 bits per heavy atom. The zero-order chi connectivity index (χ0) is 12.5. The van der Waals surface area contributed by atoms with Gasteiger partial charge in [-0.1, -0.05) is 18.2 Å². The lowest BCUT2D eigenvalue weighted by atomic mass is 9.95. The minimum Gasteiger partial charge on any atom is -0.468 e. The van der Waals surface area contributed by atoms with Gasteiger partial charge in [-0.25, -0.2) is 0 Å². The van der Waals surface area contributed by atoms with Gasteiger partial charge in [-0.3, -0.25) is 4.79 Å². The van der Waals surface area contributed by atoms with E-state index < -0.39 is 0 Å². The van der Waals surface area contributed by atoms with Crippen molar-refractivity contribution in [2.75, 3.05) is 5.73 Å². The number of aliphatic imine (C=N–C) groups is 1. The smallest absolute Gasteiger partial charge is 0.260 e. The van der Waals surface area contributed by atoms with Gasteiger partial charge >= 0.3 is 0 Å². The quantitative estimate of drug-likeness (QED) is 0.759. The van der Waals surface area contributed by atoms with Crippen molar-refractivity contribution in [2.45, 2.75) is 6.10 Å². The first-order valence-electron chi connectivity index (χ1n) is 5.74. The van der Waals surface area contributed by atoms with Crippen LogP contribution in [0.1, 0.15) is 5.56 Å². The summed E-state index contributed by atoms with van der Waals surface area (Å²) in [6.07, 6.45) is 7.14. The zero-order valence-corrected chi connectivity index (χ0v) is 9.61. The van der Waals surface area contributed by atoms with Crippen LogP contribution in [0.2, 0.25) is 0 Å². The molecule has 4 heteroatoms. The molecule has 90 valence electrons. The summed E-state index contributed by atoms with van der Waals surface area (Å²) in [7, 11) is 0. The Morgan fingerprint density at radius 1 is 1.11 bits per heavy atom. The predicted molar refractivity (Wildman–Crippen MR) is 69.0 cm³/mol. The van der Waals surface area contributed by atoms with E-state index in [0.29, 0.717) is 11.6 Å². The Morgan fingerprint density at radius 3 is 2.61 bits per heavy atom. The fraction of sp³-hybridized carbons (Fsp3) is 0.143. The molecule has 4 nitrogen and oxygen atoms in total. The zero-order valence-electron chi connectivity index (χ0n) is 9.61. The molecule has 2 aliphatic rings. The van der Waals surface area contributed by atoms with Crippen LogP contribution in [0.25, 0.3) is 0 Å². The van der Waals surface area contributed by atoms with Crippen molar-refractivity contribution in [1.82, 2.24) is 0 Å². The minimum absolute atomic E-state index is 0.168. The number of benzene rings is 1. The molecule has 2 unspecified atom stereocenters. The number of hydrogen-bond acceptors (Lipinski definition) is 3. The predicted octanol–water partition coefficient (Wildman–Crippen LogP) is 1.68. The second kappa shape index (κ2) is 4.14. The van der Waals surface area contributed by atoms with Gasteiger partial charge in [0.25, 0.3) is 5.91 Å². The lowest BCUT2D eigenvalue weighted by Crippen LogP contribution is -2.35. The van der Waals surface area contributed by atoms with Crippen LogP contribution < -0.4 is 5.73 Å². The molecule has 3 rings (SSSR count). The molecule has 1 amide bonds. The van der Waals surface area contributed by atoms with Crippen LogP contribution in [0, 0.1) is 5.92 Å². The number of allylic oxidation sites excluding steroid dienone is 2. The van der Waals surface area contributed by atoms with Crippen LogP contribution >= 0.6 is 0 Å². The molecular weight excluding hydrogens is 228 g/mol. The van der Waals surface area contributed by atoms with Gasteiger partial charge in [0.1, 0.15) is 6.10 Å². The number of nitrogen functional groups attached to an aromatic ring is 1. The highest BCUT2D eigenvalue weighted by molar-refractivity contribution is 6.04. The molecule has 0 aromatic heterocycles. The number of amides is 1. The fourth-order valence-electron chi connectivity index (χ4n) is 2.01. The molecule has 1 aliphatic heterocycles. The lowest BCUT2D eigenvalue weighted by molar-refractivity contribution is -0.123. The maximum absolute atomic E-state index is 11.9. The van der Waals surface area contributed by atoms with E-state index in [-0.39, 0.29) is 17.9 Å². The topological polar surface area (TPSA) is 64.7 Å². The number of anilines is 1. The van der Waals surface area contributed by atoms with Crippen LogP contribution in [0.15, 0.2) is 53.6 Å². The normalized spacial score (nSPS) is 25.3. The van der Waals surface area contributed by atoms with E-state index in [9.17, 15) is 4.79 Å². The number of nitrogens with two attached hydrogens (primary N) is 1. The van der Waals surface area contributed by atoms with Gasteiger partial charge in [0.15, 0.2) is 0 Å². The van der Waals surface area contributed by atoms with Gasteiger partial charge in [-0.15, -0.1) is 0 Å². The van der Waals surface area contributed by atoms with Gasteiger partial charge in [0.2, 0.25) is 5.90 Å². The third-order valence-electron chi connectivity index (χ3n) is 2.99. The molecule has 0 saturated carbocycles. The van der Waals surface area contributed by atoms with Crippen LogP contribution in [-0.4, -0.2) is 17.9 Å². The van der Waals surface area contributed by atoms with E-state index >= 15 is 0 Å². The summed E-state index contributed by atoms with van der Waals surface area (Å²) in [5, 5.41) is 0. The Balaban J connectivity index is 1.94. The second-order valence-electron chi connectivity index (χ2n) is 4.26. The average molecular weight is 240 g/mol. The molecule has 0 bridgehead atoms. The Hall–Kier alpha value is -2.36. The maximum Gasteiger partial charge on any atom is 0.260 e. The number of carbonyl (C=O) groups is 1. The van der Waals surface area contributed by atoms with Crippen LogP contribution in [-0.2, 0) is 9.53 Å². The molecule has 2 N–H and O–H groups in total. The summed E-state index contributed by atoms with van der Waals surface area (Å²) >= 11 is 0. The van der Waals surface area contributed by atoms with Gasteiger partial charge < -0.3 is 10.5 Å². The van der Waals surface area contributed by atoms with Crippen molar-refractivity contribution in [3.8, 4) is 0 Å². The minimum atomic E-state index is -0.299. The number of nitrogens with zero attached hydrogens (tertiary/aromatic N) is 1. The highest BCUT2D eigenvalue weighted by atomic mass is 16.5. The van der Waals surface area contributed by atoms with Crippen molar-refractivity contribution in [1.29, 1.82) is 0 Å². The van der Waals surface area contributed by atoms with Crippen LogP contribution in [0.4, 0.5) is 5.69 Å². The Labute approximate surface area is 104 Å². The Bertz CT molecular complexity index is 570. The van der Waals surface area contributed by atoms with Crippen molar-refractivity contribution in [3.63, 3.8) is 0 Å². The third-order valence-corrected chi connectivity index (χ3v) is 2.99. The second-order valence-corrected chi connectivity index (χ2v) is 4.26. The summed E-state index contributed by atoms with van der Waals surface area (Å²) < 4.78 is 5.74. The molecule has 1 aromatic carbocycles. The largest absolute Gasteiger partial charge is 0.468 e. The average Bonchev–Trinajstić information content (AvgIpc) is 2.39. The summed E-state index contributed by atoms with van der Waals surface area (Å²) in [6, 6.07) is 7.11. The van der Waals surface area contributed by atoms with Crippen molar-refractivity contribution in [2.24, 2.45) is 10.9 Å². The molecule has 1 aliphatic carbocycles. The highest BCUT2D eigenvalue weighted by Gasteiger charge is 2.33. The van der Waals surface area contributed by atoms with E-state index in [1.165, 1.54) is 0 Å². The van der Waals surface area contributed by atoms with Gasteiger partial charge in [0.05, 0.1) is 5.92 Å². The van der Waals surface area contributed by atoms with E-state index in [1.807, 2.05) is 24.3 Å². The van der Waals surface area contributed by atoms with Gasteiger partial charge in [0, 0.05) is 11.3 Å². The first-order valence-corrected chi connectivity index (χ1v) is 5.74. The molecular formula is C14H12N2O2. The lowest BCUT2D eigenvalue weighted by Gasteiger charge is -2.27. The maximum atomic E-state index is 11.9. The van der Waals surface area contributed by atoms with E-state index in [1.54, 1.807) is 24.3 Å². The van der Waals surface area contributed by atoms with Gasteiger partial charge in [-0.2, -0.15) is 4.99 Å². The molecule has 0 saturated heterocycles. The molecule has 2 atom stereocenters. The van der Waals surface area contributed by atoms with Crippen LogP contribution in [0.5, 0.6) is 0 Å². The molecule has 0 fully saturated rings. The molecule has 1 aromatic rings. The highest BCUT2D eigenvalue weighted by Crippen LogP contribution is 2.24. The first-order chi connectivity index (χ1) is 8.74. The monoisotopic (exact) mass is 240 g/mol. The van der Waals surface area contributed by atoms with E-state index in [2.05, 4.69) is 4.99 Å². The number of hydrogen-bond donors (Lipinski definition) is 1. The van der Waals surface area contributed by atoms with E-state index in [4.69, 9.17) is 10.5 Å². The van der Waals surface area contributed by atoms with Crippen LogP contribution in [0.3, 0.4) is 0 Å². The molecule has 0 spiro atoms. The van der Waals surface area contributed by atoms with Crippen molar-refractivity contribution >= 4 is 17.5 Å². The summed E-state index contributed by atoms with van der Waals surface area (Å²) in [5.41, 5.74) is 7.05. The molecule has 1 heterocycles. The molecule has 0 radical (unpaired) electrons. The fourth-order valence-corrected chi connectivity index (χ4v) is 2.01. The standard InChI is InChI=1S/C14H12N2O2/c15-10-7-5-9(6-8-10)14-16-13(17)11-3-1-2-4-12(11)18-14/h1-8,11-12H,15H2. The number of ether oxygens (including phenoxy) is 1. The SMILES string of the molecule is Nc1ccc(C2=NC(=O)C3C=CC=CC3O2)cc1. The number of rotatable bonds is 1. The summed E-state index contributed by atoms with van der Waals surface area (Å²) in [5.74, 6) is -0.104. The summed E-state index contributed by atoms with van der Waals surface area (Å²) in [6.45, 7) is 0. The molecule has 18 heavy (non-hydrogen) atoms. The first kappa shape index (κ1) is 10.8. The summed E-state index contributed by atoms with van der Waals surface area (Å²) in [4.78, 5) is 15.9.